The summed E-state index contributed by atoms with van der Waals surface area (Å²) in [6, 6.07) is 3.80. The molecule has 4 fully saturated rings. The Hall–Kier alpha value is 0.120. The first-order chi connectivity index (χ1) is 14.8. The molecule has 2 N–H and O–H groups in total. The summed E-state index contributed by atoms with van der Waals surface area (Å²) in [7, 11) is -5.89. The van der Waals surface area contributed by atoms with Crippen molar-refractivity contribution in [2.75, 3.05) is 0 Å². The van der Waals surface area contributed by atoms with Crippen molar-refractivity contribution in [3.63, 3.8) is 0 Å². The number of hydrogen-bond acceptors (Lipinski definition) is 5. The highest BCUT2D eigenvalue weighted by Gasteiger charge is 2.59. The van der Waals surface area contributed by atoms with E-state index in [1.54, 1.807) is 0 Å². The third kappa shape index (κ3) is 4.53. The van der Waals surface area contributed by atoms with Crippen LogP contribution < -0.4 is 5.32 Å². The van der Waals surface area contributed by atoms with E-state index in [1.807, 2.05) is 12.1 Å². The van der Waals surface area contributed by atoms with Gasteiger partial charge in [0.1, 0.15) is 6.10 Å². The van der Waals surface area contributed by atoms with Gasteiger partial charge in [-0.1, -0.05) is 0 Å². The number of hydrogen-bond donors (Lipinski definition) is 2. The fourth-order valence-corrected chi connectivity index (χ4v) is 8.17. The molecule has 4 aliphatic carbocycles. The second-order valence-electron chi connectivity index (χ2n) is 8.59. The van der Waals surface area contributed by atoms with Gasteiger partial charge in [0.25, 0.3) is 5.91 Å². The van der Waals surface area contributed by atoms with Crippen LogP contribution in [0.4, 0.5) is 8.78 Å². The average Bonchev–Trinajstić information content (AvgIpc) is 2.67. The molecule has 7 nitrogen and oxygen atoms in total. The van der Waals surface area contributed by atoms with Gasteiger partial charge in [-0.3, -0.25) is 9.35 Å². The number of nitrogens with one attached hydrogen (secondary N) is 1. The van der Waals surface area contributed by atoms with E-state index >= 15 is 0 Å². The Bertz CT molecular complexity index is 1050. The van der Waals surface area contributed by atoms with E-state index in [-0.39, 0.29) is 35.6 Å². The number of halogens is 5. The van der Waals surface area contributed by atoms with Crippen LogP contribution in [-0.2, 0) is 19.6 Å². The maximum Gasteiger partial charge on any atom is 0.465 e. The molecule has 1 amide bonds. The van der Waals surface area contributed by atoms with Crippen LogP contribution in [0.15, 0.2) is 12.1 Å². The first-order valence-corrected chi connectivity index (χ1v) is 14.5. The minimum Gasteiger partial charge on any atom is -0.456 e. The van der Waals surface area contributed by atoms with Crippen molar-refractivity contribution in [1.29, 1.82) is 0 Å². The molecule has 176 valence electrons. The predicted octanol–water partition coefficient (Wildman–Crippen LogP) is 4.06. The Morgan fingerprint density at radius 3 is 2.06 bits per heavy atom. The lowest BCUT2D eigenvalue weighted by molar-refractivity contribution is -0.188. The zero-order valence-corrected chi connectivity index (χ0v) is 23.5. The van der Waals surface area contributed by atoms with E-state index in [4.69, 9.17) is 9.29 Å². The number of carbonyl (C=O) groups excluding carboxylic acids is 2. The molecular weight excluding hydrogens is 789 g/mol. The van der Waals surface area contributed by atoms with Crippen molar-refractivity contribution in [2.45, 2.75) is 43.1 Å². The van der Waals surface area contributed by atoms with Crippen LogP contribution >= 0.6 is 67.8 Å². The minimum atomic E-state index is -5.89. The fraction of sp³-hybridized carbons (Fsp3) is 0.579. The number of carbonyl (C=O) groups is 2. The third-order valence-electron chi connectivity index (χ3n) is 6.71. The Morgan fingerprint density at radius 1 is 1.03 bits per heavy atom. The molecule has 0 saturated heterocycles. The van der Waals surface area contributed by atoms with Crippen molar-refractivity contribution in [1.82, 2.24) is 5.32 Å². The number of ether oxygens (including phenoxy) is 1. The largest absolute Gasteiger partial charge is 0.465 e. The molecule has 0 unspecified atom stereocenters. The van der Waals surface area contributed by atoms with Crippen LogP contribution in [0.25, 0.3) is 0 Å². The van der Waals surface area contributed by atoms with Gasteiger partial charge in [-0.15, -0.1) is 0 Å². The number of rotatable bonds is 5. The van der Waals surface area contributed by atoms with E-state index in [9.17, 15) is 26.8 Å². The number of amides is 1. The normalized spacial score (nSPS) is 31.4. The summed E-state index contributed by atoms with van der Waals surface area (Å²) < 4.78 is 65.4. The van der Waals surface area contributed by atoms with Crippen LogP contribution in [0.3, 0.4) is 0 Å². The van der Waals surface area contributed by atoms with Gasteiger partial charge < -0.3 is 10.1 Å². The lowest BCUT2D eigenvalue weighted by Crippen LogP contribution is -2.61. The highest BCUT2D eigenvalue weighted by atomic mass is 127. The van der Waals surface area contributed by atoms with E-state index in [0.717, 1.165) is 10.7 Å². The van der Waals surface area contributed by atoms with Crippen LogP contribution in [-0.4, -0.2) is 42.2 Å². The van der Waals surface area contributed by atoms with Crippen LogP contribution in [0.5, 0.6) is 0 Å². The first kappa shape index (κ1) is 25.2. The Labute approximate surface area is 224 Å². The quantitative estimate of drug-likeness (QED) is 0.201. The molecule has 0 aliphatic heterocycles. The van der Waals surface area contributed by atoms with Gasteiger partial charge in [0.15, 0.2) is 0 Å². The van der Waals surface area contributed by atoms with E-state index in [1.165, 1.54) is 0 Å². The minimum absolute atomic E-state index is 0.0442. The monoisotopic (exact) mass is 807 g/mol. The standard InChI is InChI=1S/C19H18F2I3NO6S/c20-19(21,32(28,29)30)18(27)31-16-9-1-7-2-10(16)4-8(3-9)15(7)25-17(26)12-5-11(22)6-13(23)14(12)24/h5-10,15-16H,1-4H2,(H,25,26)(H,28,29,30). The predicted molar refractivity (Wildman–Crippen MR) is 135 cm³/mol. The molecule has 4 saturated carbocycles. The molecule has 0 aromatic heterocycles. The fourth-order valence-electron chi connectivity index (χ4n) is 5.51. The second kappa shape index (κ2) is 8.96. The van der Waals surface area contributed by atoms with Gasteiger partial charge in [-0.05, 0) is 129 Å². The topological polar surface area (TPSA) is 110 Å². The second-order valence-corrected chi connectivity index (χ2v) is 13.5. The molecule has 4 aliphatic rings. The van der Waals surface area contributed by atoms with Crippen LogP contribution in [0.2, 0.25) is 0 Å². The van der Waals surface area contributed by atoms with Crippen molar-refractivity contribution >= 4 is 89.8 Å². The Balaban J connectivity index is 1.45. The van der Waals surface area contributed by atoms with E-state index < -0.39 is 27.4 Å². The van der Waals surface area contributed by atoms with Crippen molar-refractivity contribution in [3.05, 3.63) is 28.4 Å². The van der Waals surface area contributed by atoms with E-state index in [0.29, 0.717) is 31.2 Å². The van der Waals surface area contributed by atoms with E-state index in [2.05, 4.69) is 73.1 Å². The van der Waals surface area contributed by atoms with Gasteiger partial charge in [-0.25, -0.2) is 4.79 Å². The molecule has 0 atom stereocenters. The average molecular weight is 807 g/mol. The molecule has 1 aromatic rings. The van der Waals surface area contributed by atoms with Crippen molar-refractivity contribution in [2.24, 2.45) is 23.7 Å². The smallest absolute Gasteiger partial charge is 0.456 e. The highest BCUT2D eigenvalue weighted by molar-refractivity contribution is 14.1. The van der Waals surface area contributed by atoms with Gasteiger partial charge in [-0.2, -0.15) is 17.2 Å². The maximum atomic E-state index is 13.6. The van der Waals surface area contributed by atoms with Gasteiger partial charge in [0.2, 0.25) is 0 Å². The molecule has 1 aromatic carbocycles. The molecule has 0 radical (unpaired) electrons. The number of alkyl halides is 2. The first-order valence-electron chi connectivity index (χ1n) is 9.81. The Morgan fingerprint density at radius 2 is 1.56 bits per heavy atom. The van der Waals surface area contributed by atoms with Gasteiger partial charge in [0, 0.05) is 16.8 Å². The Kier molecular flexibility index (Phi) is 7.06. The third-order valence-corrected chi connectivity index (χ3v) is 11.2. The van der Waals surface area contributed by atoms with Crippen LogP contribution in [0.1, 0.15) is 36.0 Å². The zero-order valence-electron chi connectivity index (χ0n) is 16.2. The summed E-state index contributed by atoms with van der Waals surface area (Å²) >= 11 is 6.53. The maximum absolute atomic E-state index is 13.6. The van der Waals surface area contributed by atoms with Gasteiger partial charge in [0.05, 0.1) is 5.56 Å². The van der Waals surface area contributed by atoms with Crippen LogP contribution in [0, 0.1) is 34.4 Å². The molecular formula is C19H18F2I3NO6S. The van der Waals surface area contributed by atoms with Crippen molar-refractivity contribution in [3.8, 4) is 0 Å². The molecule has 32 heavy (non-hydrogen) atoms. The molecule has 4 bridgehead atoms. The SMILES string of the molecule is O=C(NC1C2CC3CC1CC(C2)C3OC(=O)C(F)(F)S(=O)(=O)O)c1cc(I)cc(I)c1I. The number of esters is 1. The molecule has 0 spiro atoms. The lowest BCUT2D eigenvalue weighted by atomic mass is 9.53. The van der Waals surface area contributed by atoms with Crippen molar-refractivity contribution < 1.29 is 36.1 Å². The summed E-state index contributed by atoms with van der Waals surface area (Å²) in [6.07, 6.45) is 1.56. The summed E-state index contributed by atoms with van der Waals surface area (Å²) in [5.41, 5.74) is 0.620. The number of benzene rings is 1. The highest BCUT2D eigenvalue weighted by Crippen LogP contribution is 2.55. The lowest BCUT2D eigenvalue weighted by Gasteiger charge is -2.57. The molecule has 5 rings (SSSR count). The van der Waals surface area contributed by atoms with Gasteiger partial charge >= 0.3 is 21.3 Å². The zero-order chi connectivity index (χ0) is 23.6. The summed E-state index contributed by atoms with van der Waals surface area (Å²) in [4.78, 5) is 24.8. The summed E-state index contributed by atoms with van der Waals surface area (Å²) in [5, 5.41) is -1.80. The summed E-state index contributed by atoms with van der Waals surface area (Å²) in [6.45, 7) is 0. The molecule has 0 heterocycles. The molecule has 13 heteroatoms. The summed E-state index contributed by atoms with van der Waals surface area (Å²) in [5.74, 6) is -2.45.